The van der Waals surface area contributed by atoms with Gasteiger partial charge in [0.1, 0.15) is 12.1 Å². The number of sulfone groups is 1. The zero-order valence-electron chi connectivity index (χ0n) is 13.0. The van der Waals surface area contributed by atoms with Crippen molar-refractivity contribution in [3.05, 3.63) is 60.4 Å². The Morgan fingerprint density at radius 1 is 1.12 bits per heavy atom. The van der Waals surface area contributed by atoms with Gasteiger partial charge in [0.25, 0.3) is 0 Å². The zero-order chi connectivity index (χ0) is 17.2. The molecule has 0 saturated carbocycles. The van der Waals surface area contributed by atoms with E-state index in [9.17, 15) is 13.5 Å². The molecule has 2 N–H and O–H groups in total. The number of hydrogen-bond donors (Lipinski definition) is 2. The lowest BCUT2D eigenvalue weighted by atomic mass is 10.1. The van der Waals surface area contributed by atoms with Gasteiger partial charge >= 0.3 is 0 Å². The third-order valence-corrected chi connectivity index (χ3v) is 4.79. The minimum absolute atomic E-state index is 0.205. The molecule has 0 saturated heterocycles. The molecule has 7 heteroatoms. The molecule has 3 aromatic rings. The maximum Gasteiger partial charge on any atom is 0.175 e. The Labute approximate surface area is 140 Å². The molecule has 24 heavy (non-hydrogen) atoms. The summed E-state index contributed by atoms with van der Waals surface area (Å²) in [6.45, 7) is 0.249. The molecular formula is C17H17N3O3S. The van der Waals surface area contributed by atoms with Crippen LogP contribution in [-0.4, -0.2) is 36.3 Å². The van der Waals surface area contributed by atoms with Crippen LogP contribution in [0.4, 0.5) is 5.82 Å². The lowest BCUT2D eigenvalue weighted by Crippen LogP contribution is -2.13. The number of benzene rings is 2. The van der Waals surface area contributed by atoms with Crippen molar-refractivity contribution in [3.8, 4) is 0 Å². The predicted molar refractivity (Wildman–Crippen MR) is 92.5 cm³/mol. The summed E-state index contributed by atoms with van der Waals surface area (Å²) in [7, 11) is -3.32. The van der Waals surface area contributed by atoms with Crippen molar-refractivity contribution < 1.29 is 13.5 Å². The number of hydrogen-bond acceptors (Lipinski definition) is 6. The van der Waals surface area contributed by atoms with Crippen LogP contribution >= 0.6 is 0 Å². The van der Waals surface area contributed by atoms with Crippen LogP contribution in [0.1, 0.15) is 11.7 Å². The van der Waals surface area contributed by atoms with E-state index in [1.807, 2.05) is 30.3 Å². The smallest absolute Gasteiger partial charge is 0.175 e. The van der Waals surface area contributed by atoms with Gasteiger partial charge in [-0.1, -0.05) is 30.3 Å². The average molecular weight is 343 g/mol. The quantitative estimate of drug-likeness (QED) is 0.738. The van der Waals surface area contributed by atoms with Gasteiger partial charge in [0, 0.05) is 18.2 Å². The first-order valence-electron chi connectivity index (χ1n) is 7.37. The Morgan fingerprint density at radius 2 is 1.88 bits per heavy atom. The van der Waals surface area contributed by atoms with E-state index in [0.717, 1.165) is 11.8 Å². The van der Waals surface area contributed by atoms with E-state index >= 15 is 0 Å². The highest BCUT2D eigenvalue weighted by molar-refractivity contribution is 7.90. The molecule has 0 bridgehead atoms. The fourth-order valence-electron chi connectivity index (χ4n) is 2.39. The first-order valence-corrected chi connectivity index (χ1v) is 9.26. The molecule has 6 nitrogen and oxygen atoms in total. The van der Waals surface area contributed by atoms with E-state index in [4.69, 9.17) is 0 Å². The molecular weight excluding hydrogens is 326 g/mol. The summed E-state index contributed by atoms with van der Waals surface area (Å²) in [5.41, 5.74) is 1.43. The molecule has 0 spiro atoms. The van der Waals surface area contributed by atoms with E-state index in [-0.39, 0.29) is 11.4 Å². The maximum absolute atomic E-state index is 11.7. The van der Waals surface area contributed by atoms with E-state index in [0.29, 0.717) is 16.7 Å². The minimum Gasteiger partial charge on any atom is -0.387 e. The Bertz CT molecular complexity index is 959. The molecule has 0 aliphatic heterocycles. The van der Waals surface area contributed by atoms with Crippen LogP contribution in [0.2, 0.25) is 0 Å². The number of fused-ring (bicyclic) bond motifs is 1. The lowest BCUT2D eigenvalue weighted by molar-refractivity contribution is 0.191. The topological polar surface area (TPSA) is 92.2 Å². The molecule has 2 aromatic carbocycles. The summed E-state index contributed by atoms with van der Waals surface area (Å²) < 4.78 is 23.5. The summed E-state index contributed by atoms with van der Waals surface area (Å²) >= 11 is 0. The Balaban J connectivity index is 1.89. The summed E-state index contributed by atoms with van der Waals surface area (Å²) in [5, 5.41) is 13.9. The van der Waals surface area contributed by atoms with Gasteiger partial charge in [-0.3, -0.25) is 0 Å². The van der Waals surface area contributed by atoms with Crippen LogP contribution in [0, 0.1) is 0 Å². The molecule has 0 fully saturated rings. The van der Waals surface area contributed by atoms with Gasteiger partial charge in [0.15, 0.2) is 9.84 Å². The number of aliphatic hydroxyl groups is 1. The number of nitrogens with one attached hydrogen (secondary N) is 1. The van der Waals surface area contributed by atoms with Crippen molar-refractivity contribution in [2.45, 2.75) is 11.0 Å². The highest BCUT2D eigenvalue weighted by Gasteiger charge is 2.12. The number of anilines is 1. The molecule has 0 aliphatic carbocycles. The summed E-state index contributed by atoms with van der Waals surface area (Å²) in [6, 6.07) is 14.0. The van der Waals surface area contributed by atoms with Crippen LogP contribution in [0.25, 0.3) is 10.9 Å². The molecule has 124 valence electrons. The second kappa shape index (κ2) is 6.54. The first kappa shape index (κ1) is 16.4. The van der Waals surface area contributed by atoms with Gasteiger partial charge in [0.05, 0.1) is 16.5 Å². The number of nitrogens with zero attached hydrogens (tertiary/aromatic N) is 2. The van der Waals surface area contributed by atoms with Crippen LogP contribution in [0.15, 0.2) is 59.8 Å². The summed E-state index contributed by atoms with van der Waals surface area (Å²) in [5.74, 6) is 0.487. The Hall–Kier alpha value is -2.51. The maximum atomic E-state index is 11.7. The third-order valence-electron chi connectivity index (χ3n) is 3.68. The van der Waals surface area contributed by atoms with Crippen LogP contribution in [-0.2, 0) is 9.84 Å². The predicted octanol–water partition coefficient (Wildman–Crippen LogP) is 2.18. The summed E-state index contributed by atoms with van der Waals surface area (Å²) in [4.78, 5) is 8.51. The fraction of sp³-hybridized carbons (Fsp3) is 0.176. The Kier molecular flexibility index (Phi) is 4.46. The second-order valence-corrected chi connectivity index (χ2v) is 7.50. The van der Waals surface area contributed by atoms with Crippen molar-refractivity contribution in [2.24, 2.45) is 0 Å². The molecule has 0 radical (unpaired) electrons. The lowest BCUT2D eigenvalue weighted by Gasteiger charge is -2.14. The van der Waals surface area contributed by atoms with Gasteiger partial charge in [-0.2, -0.15) is 0 Å². The standard InChI is InChI=1S/C17H17N3O3S/c1-24(22,23)13-7-8-15-14(9-13)17(20-11-19-15)18-10-16(21)12-5-3-2-4-6-12/h2-9,11,16,21H,10H2,1H3,(H,18,19,20)/t16-/m0/s1. The average Bonchev–Trinajstić information content (AvgIpc) is 2.59. The normalized spacial score (nSPS) is 12.9. The molecule has 1 atom stereocenters. The first-order chi connectivity index (χ1) is 11.4. The molecule has 1 aromatic heterocycles. The SMILES string of the molecule is CS(=O)(=O)c1ccc2ncnc(NC[C@H](O)c3ccccc3)c2c1. The van der Waals surface area contributed by atoms with Crippen LogP contribution < -0.4 is 5.32 Å². The van der Waals surface area contributed by atoms with Gasteiger partial charge in [-0.25, -0.2) is 18.4 Å². The van der Waals surface area contributed by atoms with Crippen molar-refractivity contribution >= 4 is 26.6 Å². The Morgan fingerprint density at radius 3 is 2.58 bits per heavy atom. The number of aromatic nitrogens is 2. The van der Waals surface area contributed by atoms with Gasteiger partial charge < -0.3 is 10.4 Å². The number of rotatable bonds is 5. The fourth-order valence-corrected chi connectivity index (χ4v) is 3.04. The zero-order valence-corrected chi connectivity index (χ0v) is 13.9. The molecule has 3 rings (SSSR count). The highest BCUT2D eigenvalue weighted by atomic mass is 32.2. The minimum atomic E-state index is -3.32. The van der Waals surface area contributed by atoms with Crippen LogP contribution in [0.3, 0.4) is 0 Å². The highest BCUT2D eigenvalue weighted by Crippen LogP contribution is 2.23. The van der Waals surface area contributed by atoms with Crippen molar-refractivity contribution in [3.63, 3.8) is 0 Å². The molecule has 0 unspecified atom stereocenters. The van der Waals surface area contributed by atoms with Gasteiger partial charge in [-0.15, -0.1) is 0 Å². The van der Waals surface area contributed by atoms with Crippen LogP contribution in [0.5, 0.6) is 0 Å². The molecule has 0 aliphatic rings. The van der Waals surface area contributed by atoms with E-state index in [1.165, 1.54) is 12.4 Å². The second-order valence-electron chi connectivity index (χ2n) is 5.48. The monoisotopic (exact) mass is 343 g/mol. The van der Waals surface area contributed by atoms with Gasteiger partial charge in [0.2, 0.25) is 0 Å². The van der Waals surface area contributed by atoms with Crippen molar-refractivity contribution in [1.29, 1.82) is 0 Å². The largest absolute Gasteiger partial charge is 0.387 e. The van der Waals surface area contributed by atoms with Gasteiger partial charge in [-0.05, 0) is 23.8 Å². The third kappa shape index (κ3) is 3.52. The van der Waals surface area contributed by atoms with Crippen molar-refractivity contribution in [1.82, 2.24) is 9.97 Å². The molecule has 1 heterocycles. The molecule has 0 amide bonds. The van der Waals surface area contributed by atoms with E-state index in [1.54, 1.807) is 12.1 Å². The number of aliphatic hydroxyl groups excluding tert-OH is 1. The van der Waals surface area contributed by atoms with Crippen molar-refractivity contribution in [2.75, 3.05) is 18.1 Å². The van der Waals surface area contributed by atoms with E-state index in [2.05, 4.69) is 15.3 Å². The summed E-state index contributed by atoms with van der Waals surface area (Å²) in [6.07, 6.45) is 1.86. The van der Waals surface area contributed by atoms with E-state index < -0.39 is 15.9 Å².